The Bertz CT molecular complexity index is 543. The lowest BCUT2D eigenvalue weighted by Crippen LogP contribution is -2.20. The van der Waals surface area contributed by atoms with Crippen LogP contribution in [-0.4, -0.2) is 35.0 Å². The van der Waals surface area contributed by atoms with Crippen LogP contribution in [0, 0.1) is 5.41 Å². The van der Waals surface area contributed by atoms with Crippen LogP contribution in [0.3, 0.4) is 0 Å². The average Bonchev–Trinajstić information content (AvgIpc) is 2.60. The molecule has 0 aliphatic rings. The highest BCUT2D eigenvalue weighted by Crippen LogP contribution is 2.20. The molecule has 1 rings (SSSR count). The molecule has 0 bridgehead atoms. The number of anilines is 1. The molecule has 19 heavy (non-hydrogen) atoms. The molecular weight excluding hydrogens is 270 g/mol. The summed E-state index contributed by atoms with van der Waals surface area (Å²) in [6.45, 7) is 5.60. The van der Waals surface area contributed by atoms with Crippen molar-refractivity contribution in [2.75, 3.05) is 10.5 Å². The molecule has 1 aromatic rings. The van der Waals surface area contributed by atoms with E-state index in [4.69, 9.17) is 5.11 Å². The second-order valence-corrected chi connectivity index (χ2v) is 7.39. The van der Waals surface area contributed by atoms with Crippen LogP contribution in [-0.2, 0) is 21.4 Å². The molecule has 0 saturated carbocycles. The maximum atomic E-state index is 11.8. The highest BCUT2D eigenvalue weighted by Gasteiger charge is 2.18. The summed E-state index contributed by atoms with van der Waals surface area (Å²) < 4.78 is 27.2. The SMILES string of the molecule is CC(C)(C)CCS(=O)(=O)Nc1cnn(CC(=O)O)c1. The van der Waals surface area contributed by atoms with Crippen molar-refractivity contribution in [2.45, 2.75) is 33.7 Å². The number of carboxylic acids is 1. The first-order valence-corrected chi connectivity index (χ1v) is 7.47. The fraction of sp³-hybridized carbons (Fsp3) is 0.636. The van der Waals surface area contributed by atoms with Crippen molar-refractivity contribution in [3.63, 3.8) is 0 Å². The predicted molar refractivity (Wildman–Crippen MR) is 71.3 cm³/mol. The van der Waals surface area contributed by atoms with E-state index in [1.165, 1.54) is 12.4 Å². The highest BCUT2D eigenvalue weighted by atomic mass is 32.2. The van der Waals surface area contributed by atoms with E-state index >= 15 is 0 Å². The molecule has 8 heteroatoms. The number of aliphatic carboxylic acids is 1. The van der Waals surface area contributed by atoms with Crippen molar-refractivity contribution in [1.29, 1.82) is 0 Å². The number of hydrogen-bond acceptors (Lipinski definition) is 4. The molecule has 0 aliphatic heterocycles. The predicted octanol–water partition coefficient (Wildman–Crippen LogP) is 1.15. The van der Waals surface area contributed by atoms with Crippen molar-refractivity contribution in [3.8, 4) is 0 Å². The van der Waals surface area contributed by atoms with E-state index in [1.54, 1.807) is 0 Å². The normalized spacial score (nSPS) is 12.4. The number of carboxylic acid groups (broad SMARTS) is 1. The molecular formula is C11H19N3O4S. The maximum absolute atomic E-state index is 11.8. The summed E-state index contributed by atoms with van der Waals surface area (Å²) >= 11 is 0. The molecule has 1 aromatic heterocycles. The van der Waals surface area contributed by atoms with Crippen LogP contribution < -0.4 is 4.72 Å². The van der Waals surface area contributed by atoms with Gasteiger partial charge in [0.15, 0.2) is 0 Å². The zero-order chi connectivity index (χ0) is 14.7. The Morgan fingerprint density at radius 2 is 2.11 bits per heavy atom. The van der Waals surface area contributed by atoms with Gasteiger partial charge in [0.05, 0.1) is 17.6 Å². The standard InChI is InChI=1S/C11H19N3O4S/c1-11(2,3)4-5-19(17,18)13-9-6-12-14(7-9)8-10(15)16/h6-7,13H,4-5,8H2,1-3H3,(H,15,16). The molecule has 0 fully saturated rings. The molecule has 0 saturated heterocycles. The van der Waals surface area contributed by atoms with Crippen LogP contribution in [0.1, 0.15) is 27.2 Å². The van der Waals surface area contributed by atoms with Crippen LogP contribution >= 0.6 is 0 Å². The molecule has 1 heterocycles. The van der Waals surface area contributed by atoms with Crippen LogP contribution in [0.5, 0.6) is 0 Å². The lowest BCUT2D eigenvalue weighted by molar-refractivity contribution is -0.137. The molecule has 0 aliphatic carbocycles. The van der Waals surface area contributed by atoms with Crippen molar-refractivity contribution in [2.24, 2.45) is 5.41 Å². The first-order chi connectivity index (χ1) is 8.57. The summed E-state index contributed by atoms with van der Waals surface area (Å²) in [5.74, 6) is -1.02. The van der Waals surface area contributed by atoms with Gasteiger partial charge in [-0.25, -0.2) is 8.42 Å². The number of hydrogen-bond donors (Lipinski definition) is 2. The first kappa shape index (κ1) is 15.5. The van der Waals surface area contributed by atoms with E-state index in [0.717, 1.165) is 4.68 Å². The van der Waals surface area contributed by atoms with Gasteiger partial charge in [0.1, 0.15) is 6.54 Å². The van der Waals surface area contributed by atoms with Crippen molar-refractivity contribution in [3.05, 3.63) is 12.4 Å². The van der Waals surface area contributed by atoms with Crippen LogP contribution in [0.15, 0.2) is 12.4 Å². The van der Waals surface area contributed by atoms with E-state index in [1.807, 2.05) is 20.8 Å². The zero-order valence-corrected chi connectivity index (χ0v) is 12.1. The second-order valence-electron chi connectivity index (χ2n) is 5.55. The van der Waals surface area contributed by atoms with E-state index in [9.17, 15) is 13.2 Å². The number of rotatable bonds is 6. The highest BCUT2D eigenvalue weighted by molar-refractivity contribution is 7.92. The molecule has 0 unspecified atom stereocenters. The van der Waals surface area contributed by atoms with Gasteiger partial charge in [-0.15, -0.1) is 0 Å². The summed E-state index contributed by atoms with van der Waals surface area (Å²) in [6, 6.07) is 0. The lowest BCUT2D eigenvalue weighted by atomic mass is 9.94. The fourth-order valence-corrected chi connectivity index (χ4v) is 2.76. The third-order valence-electron chi connectivity index (χ3n) is 2.32. The Labute approximate surface area is 112 Å². The summed E-state index contributed by atoms with van der Waals surface area (Å²) in [4.78, 5) is 10.5. The Morgan fingerprint density at radius 1 is 1.47 bits per heavy atom. The molecule has 0 atom stereocenters. The minimum absolute atomic E-state index is 0.0145. The third-order valence-corrected chi connectivity index (χ3v) is 3.61. The van der Waals surface area contributed by atoms with E-state index in [0.29, 0.717) is 6.42 Å². The summed E-state index contributed by atoms with van der Waals surface area (Å²) in [7, 11) is -3.43. The molecule has 7 nitrogen and oxygen atoms in total. The van der Waals surface area contributed by atoms with Gasteiger partial charge in [0.25, 0.3) is 0 Å². The molecule has 108 valence electrons. The summed E-state index contributed by atoms with van der Waals surface area (Å²) in [5, 5.41) is 12.3. The fourth-order valence-electron chi connectivity index (χ4n) is 1.31. The monoisotopic (exact) mass is 289 g/mol. The number of carbonyl (C=O) groups is 1. The van der Waals surface area contributed by atoms with Crippen molar-refractivity contribution >= 4 is 21.7 Å². The number of aromatic nitrogens is 2. The molecule has 0 amide bonds. The topological polar surface area (TPSA) is 101 Å². The van der Waals surface area contributed by atoms with E-state index in [-0.39, 0.29) is 23.4 Å². The van der Waals surface area contributed by atoms with Crippen LogP contribution in [0.4, 0.5) is 5.69 Å². The summed E-state index contributed by atoms with van der Waals surface area (Å²) in [6.07, 6.45) is 3.17. The zero-order valence-electron chi connectivity index (χ0n) is 11.3. The Balaban J connectivity index is 2.63. The molecule has 2 N–H and O–H groups in total. The van der Waals surface area contributed by atoms with Crippen molar-refractivity contribution < 1.29 is 18.3 Å². The largest absolute Gasteiger partial charge is 0.480 e. The van der Waals surface area contributed by atoms with Gasteiger partial charge in [0, 0.05) is 6.20 Å². The average molecular weight is 289 g/mol. The second kappa shape index (κ2) is 5.60. The molecule has 0 radical (unpaired) electrons. The number of sulfonamides is 1. The van der Waals surface area contributed by atoms with Gasteiger partial charge < -0.3 is 5.11 Å². The Hall–Kier alpha value is -1.57. The number of nitrogens with zero attached hydrogens (tertiary/aromatic N) is 2. The summed E-state index contributed by atoms with van der Waals surface area (Å²) in [5.41, 5.74) is 0.206. The van der Waals surface area contributed by atoms with Gasteiger partial charge in [-0.2, -0.15) is 5.10 Å². The van der Waals surface area contributed by atoms with Crippen LogP contribution in [0.2, 0.25) is 0 Å². The van der Waals surface area contributed by atoms with Crippen molar-refractivity contribution in [1.82, 2.24) is 9.78 Å². The third kappa shape index (κ3) is 6.23. The maximum Gasteiger partial charge on any atom is 0.325 e. The van der Waals surface area contributed by atoms with Gasteiger partial charge in [-0.1, -0.05) is 20.8 Å². The minimum atomic E-state index is -3.43. The minimum Gasteiger partial charge on any atom is -0.480 e. The van der Waals surface area contributed by atoms with Gasteiger partial charge in [-0.3, -0.25) is 14.2 Å². The van der Waals surface area contributed by atoms with E-state index < -0.39 is 16.0 Å². The van der Waals surface area contributed by atoms with Gasteiger partial charge in [0.2, 0.25) is 10.0 Å². The Kier molecular flexibility index (Phi) is 4.56. The van der Waals surface area contributed by atoms with Gasteiger partial charge in [-0.05, 0) is 11.8 Å². The first-order valence-electron chi connectivity index (χ1n) is 5.82. The lowest BCUT2D eigenvalue weighted by Gasteiger charge is -2.17. The smallest absolute Gasteiger partial charge is 0.325 e. The van der Waals surface area contributed by atoms with E-state index in [2.05, 4.69) is 9.82 Å². The molecule has 0 aromatic carbocycles. The molecule has 0 spiro atoms. The van der Waals surface area contributed by atoms with Crippen LogP contribution in [0.25, 0.3) is 0 Å². The van der Waals surface area contributed by atoms with Gasteiger partial charge >= 0.3 is 5.97 Å². The number of nitrogens with one attached hydrogen (secondary N) is 1. The Morgan fingerprint density at radius 3 is 2.63 bits per heavy atom. The quantitative estimate of drug-likeness (QED) is 0.818.